The number of methoxy groups -OCH3 is 1. The van der Waals surface area contributed by atoms with Crippen molar-refractivity contribution in [1.82, 2.24) is 9.88 Å². The summed E-state index contributed by atoms with van der Waals surface area (Å²) in [6, 6.07) is 5.58. The number of hydrogen-bond acceptors (Lipinski definition) is 7. The van der Waals surface area contributed by atoms with E-state index < -0.39 is 17.8 Å². The molecule has 2 fully saturated rings. The highest BCUT2D eigenvalue weighted by molar-refractivity contribution is 5.76. The van der Waals surface area contributed by atoms with Gasteiger partial charge in [-0.05, 0) is 81.0 Å². The largest absolute Gasteiger partial charge is 0.494 e. The number of fused-ring (bicyclic) bond motifs is 1. The second-order valence-corrected chi connectivity index (χ2v) is 10.8. The lowest BCUT2D eigenvalue weighted by Crippen LogP contribution is -2.34. The number of carboxylic acid groups (broad SMARTS) is 1. The van der Waals surface area contributed by atoms with Gasteiger partial charge >= 0.3 is 5.97 Å². The van der Waals surface area contributed by atoms with Crippen LogP contribution >= 0.6 is 0 Å². The van der Waals surface area contributed by atoms with Crippen LogP contribution in [0.5, 0.6) is 5.75 Å². The van der Waals surface area contributed by atoms with E-state index in [0.29, 0.717) is 31.9 Å². The number of nitrogens with one attached hydrogen (secondary N) is 1. The Morgan fingerprint density at radius 1 is 1.26 bits per heavy atom. The fourth-order valence-electron chi connectivity index (χ4n) is 6.09. The number of unbranched alkanes of at least 4 members (excludes halogenated alkanes) is 1. The molecule has 0 amide bonds. The van der Waals surface area contributed by atoms with Crippen molar-refractivity contribution in [2.24, 2.45) is 0 Å². The molecule has 5 rings (SSSR count). The second kappa shape index (κ2) is 13.1. The number of pyridine rings is 1. The third kappa shape index (κ3) is 6.70. The average molecular weight is 542 g/mol. The normalized spacial score (nSPS) is 22.2. The summed E-state index contributed by atoms with van der Waals surface area (Å²) < 4.78 is 32.0. The van der Waals surface area contributed by atoms with E-state index in [2.05, 4.69) is 5.32 Å². The van der Waals surface area contributed by atoms with Gasteiger partial charge in [0, 0.05) is 44.6 Å². The van der Waals surface area contributed by atoms with Crippen molar-refractivity contribution in [3.8, 4) is 5.75 Å². The van der Waals surface area contributed by atoms with Gasteiger partial charge in [0.15, 0.2) is 0 Å². The molecule has 3 aliphatic heterocycles. The van der Waals surface area contributed by atoms with Crippen molar-refractivity contribution >= 4 is 11.7 Å². The quantitative estimate of drug-likeness (QED) is 0.381. The van der Waals surface area contributed by atoms with E-state index >= 15 is 0 Å². The number of carboxylic acids is 1. The summed E-state index contributed by atoms with van der Waals surface area (Å²) in [4.78, 5) is 19.2. The van der Waals surface area contributed by atoms with E-state index in [-0.39, 0.29) is 12.2 Å². The molecule has 2 saturated heterocycles. The topological polar surface area (TPSA) is 93.2 Å². The SMILES string of the molecule is COc1cc(CCCCO[C@@H]2CCN(C(C(=O)O)c3cc(F)ccc3C3CCCCO3)C2)nc2c1NCCC2. The van der Waals surface area contributed by atoms with Crippen LogP contribution in [0.1, 0.15) is 79.6 Å². The standard InChI is InChI=1S/C30H40FN3O5/c1-37-27-18-21(33-25-8-6-13-32-28(25)27)7-2-4-15-38-22-12-14-34(19-22)29(30(35)36)24-17-20(31)10-11-23(24)26-9-3-5-16-39-26/h10-11,17-18,22,26,29,32H,2-9,12-16,19H2,1H3,(H,35,36)/t22-,26?,29?/m1/s1. The van der Waals surface area contributed by atoms with Gasteiger partial charge in [0.1, 0.15) is 17.6 Å². The van der Waals surface area contributed by atoms with Crippen LogP contribution in [0.2, 0.25) is 0 Å². The lowest BCUT2D eigenvalue weighted by atomic mass is 9.92. The van der Waals surface area contributed by atoms with Crippen molar-refractivity contribution in [3.63, 3.8) is 0 Å². The third-order valence-corrected chi connectivity index (χ3v) is 8.05. The van der Waals surface area contributed by atoms with Gasteiger partial charge in [-0.2, -0.15) is 0 Å². The van der Waals surface area contributed by atoms with Gasteiger partial charge in [0.25, 0.3) is 0 Å². The first-order valence-corrected chi connectivity index (χ1v) is 14.3. The van der Waals surface area contributed by atoms with Gasteiger partial charge in [-0.25, -0.2) is 4.39 Å². The summed E-state index contributed by atoms with van der Waals surface area (Å²) in [5, 5.41) is 13.6. The molecule has 0 aliphatic carbocycles. The molecule has 4 heterocycles. The number of aromatic nitrogens is 1. The molecular formula is C30H40FN3O5. The summed E-state index contributed by atoms with van der Waals surface area (Å²) in [7, 11) is 1.70. The van der Waals surface area contributed by atoms with Crippen LogP contribution in [0.25, 0.3) is 0 Å². The number of benzene rings is 1. The summed E-state index contributed by atoms with van der Waals surface area (Å²) >= 11 is 0. The van der Waals surface area contributed by atoms with Gasteiger partial charge in [-0.15, -0.1) is 0 Å². The van der Waals surface area contributed by atoms with Crippen molar-refractivity contribution in [3.05, 3.63) is 52.6 Å². The van der Waals surface area contributed by atoms with Crippen LogP contribution in [0.4, 0.5) is 10.1 Å². The van der Waals surface area contributed by atoms with E-state index in [0.717, 1.165) is 92.7 Å². The number of nitrogens with zero attached hydrogens (tertiary/aromatic N) is 2. The van der Waals surface area contributed by atoms with Gasteiger partial charge in [0.05, 0.1) is 30.7 Å². The van der Waals surface area contributed by atoms with Crippen molar-refractivity contribution < 1.29 is 28.5 Å². The van der Waals surface area contributed by atoms with Crippen molar-refractivity contribution in [2.45, 2.75) is 76.0 Å². The fraction of sp³-hybridized carbons (Fsp3) is 0.600. The monoisotopic (exact) mass is 541 g/mol. The average Bonchev–Trinajstić information content (AvgIpc) is 3.41. The minimum absolute atomic E-state index is 0.0390. The Hall–Kier alpha value is -2.75. The number of anilines is 1. The lowest BCUT2D eigenvalue weighted by Gasteiger charge is -2.30. The highest BCUT2D eigenvalue weighted by Crippen LogP contribution is 2.37. The van der Waals surface area contributed by atoms with Crippen LogP contribution < -0.4 is 10.1 Å². The molecule has 2 N–H and O–H groups in total. The van der Waals surface area contributed by atoms with Gasteiger partial charge in [-0.3, -0.25) is 14.7 Å². The van der Waals surface area contributed by atoms with Gasteiger partial charge in [-0.1, -0.05) is 6.07 Å². The Morgan fingerprint density at radius 3 is 2.95 bits per heavy atom. The van der Waals surface area contributed by atoms with Crippen LogP contribution in [-0.4, -0.2) is 67.0 Å². The van der Waals surface area contributed by atoms with Crippen molar-refractivity contribution in [1.29, 1.82) is 0 Å². The van der Waals surface area contributed by atoms with Gasteiger partial charge < -0.3 is 24.6 Å². The Labute approximate surface area is 229 Å². The maximum absolute atomic E-state index is 14.3. The molecule has 1 aromatic heterocycles. The number of likely N-dealkylation sites (tertiary alicyclic amines) is 1. The highest BCUT2D eigenvalue weighted by atomic mass is 19.1. The molecule has 3 atom stereocenters. The van der Waals surface area contributed by atoms with Crippen LogP contribution in [0, 0.1) is 5.82 Å². The molecule has 2 aromatic rings. The van der Waals surface area contributed by atoms with Crippen LogP contribution in [0.3, 0.4) is 0 Å². The Bertz CT molecular complexity index is 1120. The minimum Gasteiger partial charge on any atom is -0.494 e. The molecular weight excluding hydrogens is 501 g/mol. The smallest absolute Gasteiger partial charge is 0.325 e. The molecule has 2 unspecified atom stereocenters. The maximum Gasteiger partial charge on any atom is 0.325 e. The summed E-state index contributed by atoms with van der Waals surface area (Å²) in [5.41, 5.74) is 4.44. The molecule has 39 heavy (non-hydrogen) atoms. The zero-order chi connectivity index (χ0) is 27.2. The van der Waals surface area contributed by atoms with E-state index in [1.165, 1.54) is 12.1 Å². The summed E-state index contributed by atoms with van der Waals surface area (Å²) in [6.45, 7) is 3.31. The number of ether oxygens (including phenoxy) is 3. The van der Waals surface area contributed by atoms with Crippen LogP contribution in [-0.2, 0) is 27.1 Å². The van der Waals surface area contributed by atoms with E-state index in [9.17, 15) is 14.3 Å². The first-order valence-electron chi connectivity index (χ1n) is 14.3. The van der Waals surface area contributed by atoms with Gasteiger partial charge in [0.2, 0.25) is 0 Å². The minimum atomic E-state index is -0.971. The maximum atomic E-state index is 14.3. The second-order valence-electron chi connectivity index (χ2n) is 10.8. The predicted molar refractivity (Wildman–Crippen MR) is 146 cm³/mol. The summed E-state index contributed by atoms with van der Waals surface area (Å²) in [5.74, 6) is -0.534. The first kappa shape index (κ1) is 27.8. The molecule has 212 valence electrons. The molecule has 8 nitrogen and oxygen atoms in total. The zero-order valence-corrected chi connectivity index (χ0v) is 22.8. The number of aryl methyl sites for hydroxylation is 2. The molecule has 9 heteroatoms. The van der Waals surface area contributed by atoms with Crippen LogP contribution in [0.15, 0.2) is 24.3 Å². The first-order chi connectivity index (χ1) is 19.0. The predicted octanol–water partition coefficient (Wildman–Crippen LogP) is 5.07. The number of rotatable bonds is 11. The molecule has 0 saturated carbocycles. The van der Waals surface area contributed by atoms with E-state index in [1.54, 1.807) is 13.2 Å². The van der Waals surface area contributed by atoms with E-state index in [4.69, 9.17) is 19.2 Å². The van der Waals surface area contributed by atoms with E-state index in [1.807, 2.05) is 11.0 Å². The summed E-state index contributed by atoms with van der Waals surface area (Å²) in [6.07, 6.45) is 8.11. The van der Waals surface area contributed by atoms with Crippen molar-refractivity contribution in [2.75, 3.05) is 45.3 Å². The number of halogens is 1. The third-order valence-electron chi connectivity index (χ3n) is 8.05. The Kier molecular flexibility index (Phi) is 9.32. The number of hydrogen-bond donors (Lipinski definition) is 2. The Balaban J connectivity index is 1.14. The highest BCUT2D eigenvalue weighted by Gasteiger charge is 2.36. The fourth-order valence-corrected chi connectivity index (χ4v) is 6.09. The molecule has 0 radical (unpaired) electrons. The molecule has 0 bridgehead atoms. The molecule has 1 aromatic carbocycles. The lowest BCUT2D eigenvalue weighted by molar-refractivity contribution is -0.143. The molecule has 0 spiro atoms. The zero-order valence-electron chi connectivity index (χ0n) is 22.8. The Morgan fingerprint density at radius 2 is 2.15 bits per heavy atom. The number of aliphatic carboxylic acids is 1. The number of carbonyl (C=O) groups is 1. The molecule has 3 aliphatic rings.